The SMILES string of the molecule is CC1CC(Nc2ccc(N(C)C)cc2)CC(C)(C)C1. The van der Waals surface area contributed by atoms with Gasteiger partial charge in [-0.2, -0.15) is 0 Å². The maximum Gasteiger partial charge on any atom is 0.0362 e. The molecule has 106 valence electrons. The van der Waals surface area contributed by atoms with Crippen LogP contribution >= 0.6 is 0 Å². The third kappa shape index (κ3) is 3.89. The number of hydrogen-bond donors (Lipinski definition) is 1. The van der Waals surface area contributed by atoms with Crippen LogP contribution in [0.25, 0.3) is 0 Å². The predicted molar refractivity (Wildman–Crippen MR) is 85.0 cm³/mol. The van der Waals surface area contributed by atoms with Gasteiger partial charge in [0.25, 0.3) is 0 Å². The maximum atomic E-state index is 3.71. The summed E-state index contributed by atoms with van der Waals surface area (Å²) in [4.78, 5) is 2.13. The second-order valence-electron chi connectivity index (χ2n) is 7.20. The third-order valence-electron chi connectivity index (χ3n) is 4.14. The average molecular weight is 260 g/mol. The molecule has 0 saturated heterocycles. The van der Waals surface area contributed by atoms with Gasteiger partial charge in [-0.05, 0) is 54.9 Å². The fraction of sp³-hybridized carbons (Fsp3) is 0.647. The molecule has 0 aromatic heterocycles. The first kappa shape index (κ1) is 14.2. The van der Waals surface area contributed by atoms with Crippen molar-refractivity contribution in [1.82, 2.24) is 0 Å². The van der Waals surface area contributed by atoms with Crippen molar-refractivity contribution in [3.8, 4) is 0 Å². The maximum absolute atomic E-state index is 3.71. The van der Waals surface area contributed by atoms with Crippen LogP contribution in [0, 0.1) is 11.3 Å². The van der Waals surface area contributed by atoms with Crippen molar-refractivity contribution in [2.75, 3.05) is 24.3 Å². The molecule has 0 bridgehead atoms. The standard InChI is InChI=1S/C17H28N2/c1-13-10-15(12-17(2,3)11-13)18-14-6-8-16(9-7-14)19(4)5/h6-9,13,15,18H,10-12H2,1-5H3. The Hall–Kier alpha value is -1.18. The number of rotatable bonds is 3. The largest absolute Gasteiger partial charge is 0.382 e. The highest BCUT2D eigenvalue weighted by atomic mass is 15.1. The van der Waals surface area contributed by atoms with Crippen molar-refractivity contribution in [3.05, 3.63) is 24.3 Å². The Morgan fingerprint density at radius 2 is 1.74 bits per heavy atom. The van der Waals surface area contributed by atoms with Crippen LogP contribution in [0.4, 0.5) is 11.4 Å². The van der Waals surface area contributed by atoms with E-state index in [0.29, 0.717) is 11.5 Å². The van der Waals surface area contributed by atoms with Gasteiger partial charge in [0.05, 0.1) is 0 Å². The van der Waals surface area contributed by atoms with Crippen LogP contribution in [-0.4, -0.2) is 20.1 Å². The molecule has 2 atom stereocenters. The monoisotopic (exact) mass is 260 g/mol. The van der Waals surface area contributed by atoms with Gasteiger partial charge in [0.15, 0.2) is 0 Å². The zero-order chi connectivity index (χ0) is 14.0. The molecule has 1 aromatic rings. The zero-order valence-electron chi connectivity index (χ0n) is 13.0. The van der Waals surface area contributed by atoms with Gasteiger partial charge >= 0.3 is 0 Å². The summed E-state index contributed by atoms with van der Waals surface area (Å²) in [6.45, 7) is 7.17. The Morgan fingerprint density at radius 3 is 2.26 bits per heavy atom. The van der Waals surface area contributed by atoms with Crippen LogP contribution in [0.5, 0.6) is 0 Å². The molecule has 2 nitrogen and oxygen atoms in total. The van der Waals surface area contributed by atoms with Gasteiger partial charge in [-0.1, -0.05) is 20.8 Å². The molecule has 1 N–H and O–H groups in total. The van der Waals surface area contributed by atoms with Crippen molar-refractivity contribution in [1.29, 1.82) is 0 Å². The van der Waals surface area contributed by atoms with E-state index >= 15 is 0 Å². The number of nitrogens with one attached hydrogen (secondary N) is 1. The van der Waals surface area contributed by atoms with E-state index in [1.165, 1.54) is 30.6 Å². The van der Waals surface area contributed by atoms with E-state index in [0.717, 1.165) is 5.92 Å². The lowest BCUT2D eigenvalue weighted by atomic mass is 9.70. The van der Waals surface area contributed by atoms with Crippen molar-refractivity contribution in [2.45, 2.75) is 46.1 Å². The van der Waals surface area contributed by atoms with Crippen molar-refractivity contribution in [2.24, 2.45) is 11.3 Å². The summed E-state index contributed by atoms with van der Waals surface area (Å²) >= 11 is 0. The minimum atomic E-state index is 0.471. The lowest BCUT2D eigenvalue weighted by molar-refractivity contribution is 0.178. The van der Waals surface area contributed by atoms with E-state index in [1.54, 1.807) is 0 Å². The van der Waals surface area contributed by atoms with E-state index in [4.69, 9.17) is 0 Å². The third-order valence-corrected chi connectivity index (χ3v) is 4.14. The van der Waals surface area contributed by atoms with Crippen molar-refractivity contribution < 1.29 is 0 Å². The molecule has 19 heavy (non-hydrogen) atoms. The van der Waals surface area contributed by atoms with Crippen molar-refractivity contribution in [3.63, 3.8) is 0 Å². The smallest absolute Gasteiger partial charge is 0.0362 e. The number of hydrogen-bond acceptors (Lipinski definition) is 2. The van der Waals surface area contributed by atoms with Crippen LogP contribution in [0.15, 0.2) is 24.3 Å². The highest BCUT2D eigenvalue weighted by Gasteiger charge is 2.31. The Labute approximate surface area is 118 Å². The summed E-state index contributed by atoms with van der Waals surface area (Å²) in [7, 11) is 4.15. The van der Waals surface area contributed by atoms with Gasteiger partial charge in [-0.15, -0.1) is 0 Å². The molecule has 0 aliphatic heterocycles. The minimum absolute atomic E-state index is 0.471. The summed E-state index contributed by atoms with van der Waals surface area (Å²) < 4.78 is 0. The van der Waals surface area contributed by atoms with E-state index in [-0.39, 0.29) is 0 Å². The molecule has 1 aliphatic carbocycles. The summed E-state index contributed by atoms with van der Waals surface area (Å²) in [6, 6.07) is 9.37. The molecule has 1 fully saturated rings. The summed E-state index contributed by atoms with van der Waals surface area (Å²) in [6.07, 6.45) is 3.91. The fourth-order valence-corrected chi connectivity index (χ4v) is 3.55. The molecule has 2 rings (SSSR count). The van der Waals surface area contributed by atoms with Gasteiger partial charge in [0.1, 0.15) is 0 Å². The Bertz CT molecular complexity index is 406. The molecule has 1 aliphatic rings. The summed E-state index contributed by atoms with van der Waals surface area (Å²) in [5, 5.41) is 3.71. The molecule has 2 heteroatoms. The second-order valence-corrected chi connectivity index (χ2v) is 7.20. The van der Waals surface area contributed by atoms with Gasteiger partial charge in [0, 0.05) is 31.5 Å². The molecule has 0 spiro atoms. The first-order valence-electron chi connectivity index (χ1n) is 7.40. The molecule has 0 radical (unpaired) electrons. The van der Waals surface area contributed by atoms with Crippen LogP contribution in [0.2, 0.25) is 0 Å². The minimum Gasteiger partial charge on any atom is -0.382 e. The lowest BCUT2D eigenvalue weighted by Crippen LogP contribution is -2.35. The lowest BCUT2D eigenvalue weighted by Gasteiger charge is -2.39. The Morgan fingerprint density at radius 1 is 1.11 bits per heavy atom. The Balaban J connectivity index is 2.00. The molecule has 0 heterocycles. The quantitative estimate of drug-likeness (QED) is 0.867. The number of anilines is 2. The highest BCUT2D eigenvalue weighted by molar-refractivity contribution is 5.54. The normalized spacial score (nSPS) is 25.9. The molecular formula is C17H28N2. The molecule has 0 amide bonds. The topological polar surface area (TPSA) is 15.3 Å². The second kappa shape index (κ2) is 5.44. The van der Waals surface area contributed by atoms with Gasteiger partial charge in [0.2, 0.25) is 0 Å². The Kier molecular flexibility index (Phi) is 4.07. The van der Waals surface area contributed by atoms with E-state index < -0.39 is 0 Å². The molecule has 2 unspecified atom stereocenters. The van der Waals surface area contributed by atoms with Gasteiger partial charge in [-0.25, -0.2) is 0 Å². The fourth-order valence-electron chi connectivity index (χ4n) is 3.55. The van der Waals surface area contributed by atoms with Crippen molar-refractivity contribution >= 4 is 11.4 Å². The summed E-state index contributed by atoms with van der Waals surface area (Å²) in [5.41, 5.74) is 2.97. The van der Waals surface area contributed by atoms with E-state index in [9.17, 15) is 0 Å². The van der Waals surface area contributed by atoms with Gasteiger partial charge in [-0.3, -0.25) is 0 Å². The van der Waals surface area contributed by atoms with Crippen LogP contribution in [0.3, 0.4) is 0 Å². The number of benzene rings is 1. The first-order chi connectivity index (χ1) is 8.85. The van der Waals surface area contributed by atoms with Crippen LogP contribution in [0.1, 0.15) is 40.0 Å². The highest BCUT2D eigenvalue weighted by Crippen LogP contribution is 2.39. The molecular weight excluding hydrogens is 232 g/mol. The van der Waals surface area contributed by atoms with Crippen LogP contribution < -0.4 is 10.2 Å². The summed E-state index contributed by atoms with van der Waals surface area (Å²) in [5.74, 6) is 0.822. The van der Waals surface area contributed by atoms with Gasteiger partial charge < -0.3 is 10.2 Å². The van der Waals surface area contributed by atoms with Crippen LogP contribution in [-0.2, 0) is 0 Å². The first-order valence-corrected chi connectivity index (χ1v) is 7.40. The van der Waals surface area contributed by atoms with E-state index in [1.807, 2.05) is 0 Å². The average Bonchev–Trinajstić information content (AvgIpc) is 2.26. The number of nitrogens with zero attached hydrogens (tertiary/aromatic N) is 1. The molecule has 1 aromatic carbocycles. The predicted octanol–water partition coefficient (Wildman–Crippen LogP) is 4.38. The molecule has 1 saturated carbocycles. The van der Waals surface area contributed by atoms with E-state index in [2.05, 4.69) is 69.3 Å². The zero-order valence-corrected chi connectivity index (χ0v) is 13.0.